The average molecular weight is 232 g/mol. The van der Waals surface area contributed by atoms with Crippen molar-refractivity contribution in [1.82, 2.24) is 4.90 Å². The summed E-state index contributed by atoms with van der Waals surface area (Å²) in [6, 6.07) is 0.728. The predicted molar refractivity (Wildman–Crippen MR) is 63.3 cm³/mol. The van der Waals surface area contributed by atoms with Crippen molar-refractivity contribution in [1.29, 1.82) is 0 Å². The molecule has 2 saturated carbocycles. The highest BCUT2D eigenvalue weighted by Crippen LogP contribution is 2.44. The minimum atomic E-state index is 0. The summed E-state index contributed by atoms with van der Waals surface area (Å²) < 4.78 is 0. The molecule has 1 heterocycles. The summed E-state index contributed by atoms with van der Waals surface area (Å²) >= 11 is 0. The summed E-state index contributed by atoms with van der Waals surface area (Å²) in [6.45, 7) is 2.58. The molecule has 0 aromatic carbocycles. The molecular weight excluding hydrogens is 210 g/mol. The van der Waals surface area contributed by atoms with Gasteiger partial charge in [0.1, 0.15) is 0 Å². The molecule has 1 aliphatic heterocycles. The zero-order valence-electron chi connectivity index (χ0n) is 9.27. The van der Waals surface area contributed by atoms with Gasteiger partial charge in [0.15, 0.2) is 0 Å². The lowest BCUT2D eigenvalue weighted by Gasteiger charge is -2.39. The van der Waals surface area contributed by atoms with E-state index in [0.717, 1.165) is 6.04 Å². The summed E-state index contributed by atoms with van der Waals surface area (Å²) in [4.78, 5) is 2.65. The van der Waals surface area contributed by atoms with E-state index in [1.807, 2.05) is 0 Å². The first kappa shape index (κ1) is 11.7. The quantitative estimate of drug-likeness (QED) is 0.747. The molecule has 3 fully saturated rings. The van der Waals surface area contributed by atoms with Crippen molar-refractivity contribution in [2.45, 2.75) is 50.7 Å². The molecule has 4 unspecified atom stereocenters. The van der Waals surface area contributed by atoms with E-state index in [2.05, 4.69) is 4.90 Å². The van der Waals surface area contributed by atoms with Crippen molar-refractivity contribution < 1.29 is 5.11 Å². The van der Waals surface area contributed by atoms with E-state index in [-0.39, 0.29) is 18.5 Å². The van der Waals surface area contributed by atoms with Crippen molar-refractivity contribution in [3.05, 3.63) is 0 Å². The zero-order valence-corrected chi connectivity index (χ0v) is 10.1. The van der Waals surface area contributed by atoms with Crippen LogP contribution in [0.1, 0.15) is 38.5 Å². The average Bonchev–Trinajstić information content (AvgIpc) is 2.76. The Kier molecular flexibility index (Phi) is 3.59. The second-order valence-corrected chi connectivity index (χ2v) is 5.38. The van der Waals surface area contributed by atoms with E-state index in [0.29, 0.717) is 11.8 Å². The zero-order chi connectivity index (χ0) is 9.54. The van der Waals surface area contributed by atoms with Gasteiger partial charge in [-0.1, -0.05) is 0 Å². The number of hydrogen-bond donors (Lipinski definition) is 1. The molecule has 3 aliphatic rings. The Labute approximate surface area is 98.4 Å². The monoisotopic (exact) mass is 231 g/mol. The van der Waals surface area contributed by atoms with Crippen LogP contribution < -0.4 is 0 Å². The van der Waals surface area contributed by atoms with Gasteiger partial charge < -0.3 is 10.0 Å². The third kappa shape index (κ3) is 1.92. The molecule has 1 saturated heterocycles. The lowest BCUT2D eigenvalue weighted by Crippen LogP contribution is -2.45. The fraction of sp³-hybridized carbons (Fsp3) is 1.00. The smallest absolute Gasteiger partial charge is 0.0611 e. The van der Waals surface area contributed by atoms with Crippen LogP contribution >= 0.6 is 12.4 Å². The van der Waals surface area contributed by atoms with E-state index >= 15 is 0 Å². The van der Waals surface area contributed by atoms with Gasteiger partial charge in [-0.15, -0.1) is 12.4 Å². The molecule has 0 aromatic rings. The number of fused-ring (bicyclic) bond motifs is 2. The van der Waals surface area contributed by atoms with Crippen molar-refractivity contribution >= 4 is 12.4 Å². The van der Waals surface area contributed by atoms with Crippen LogP contribution in [0.5, 0.6) is 0 Å². The fourth-order valence-corrected chi connectivity index (χ4v) is 3.96. The standard InChI is InChI=1S/C12H21NO.ClH/c14-12-9-3-5-10(12)11(6-4-9)13-7-1-2-8-13;/h9-12,14H,1-8H2;1H. The number of rotatable bonds is 1. The summed E-state index contributed by atoms with van der Waals surface area (Å²) in [6.07, 6.45) is 7.99. The summed E-state index contributed by atoms with van der Waals surface area (Å²) in [5.41, 5.74) is 0. The number of nitrogens with zero attached hydrogens (tertiary/aromatic N) is 1. The molecule has 1 N–H and O–H groups in total. The van der Waals surface area contributed by atoms with Gasteiger partial charge in [0.05, 0.1) is 6.10 Å². The molecule has 0 radical (unpaired) electrons. The van der Waals surface area contributed by atoms with E-state index in [1.54, 1.807) is 0 Å². The maximum absolute atomic E-state index is 10.1. The molecule has 0 aromatic heterocycles. The van der Waals surface area contributed by atoms with Crippen LogP contribution in [0, 0.1) is 11.8 Å². The van der Waals surface area contributed by atoms with Crippen molar-refractivity contribution in [3.63, 3.8) is 0 Å². The van der Waals surface area contributed by atoms with Gasteiger partial charge in [-0.2, -0.15) is 0 Å². The van der Waals surface area contributed by atoms with Gasteiger partial charge in [0.2, 0.25) is 0 Å². The Balaban J connectivity index is 0.000000853. The van der Waals surface area contributed by atoms with Crippen molar-refractivity contribution in [2.24, 2.45) is 11.8 Å². The Morgan fingerprint density at radius 3 is 2.33 bits per heavy atom. The van der Waals surface area contributed by atoms with Gasteiger partial charge in [0.25, 0.3) is 0 Å². The van der Waals surface area contributed by atoms with E-state index in [9.17, 15) is 5.11 Å². The Morgan fingerprint density at radius 2 is 1.60 bits per heavy atom. The molecule has 2 aliphatic carbocycles. The highest BCUT2D eigenvalue weighted by Gasteiger charge is 2.45. The lowest BCUT2D eigenvalue weighted by molar-refractivity contribution is 0.00634. The molecule has 3 rings (SSSR count). The SMILES string of the molecule is Cl.OC1C2CCC1C(N1CCCC1)CC2. The summed E-state index contributed by atoms with van der Waals surface area (Å²) in [5.74, 6) is 1.27. The van der Waals surface area contributed by atoms with Gasteiger partial charge in [0, 0.05) is 12.0 Å². The fourth-order valence-electron chi connectivity index (χ4n) is 3.96. The van der Waals surface area contributed by atoms with Gasteiger partial charge in [-0.3, -0.25) is 0 Å². The summed E-state index contributed by atoms with van der Waals surface area (Å²) in [7, 11) is 0. The maximum Gasteiger partial charge on any atom is 0.0611 e. The van der Waals surface area contributed by atoms with E-state index in [4.69, 9.17) is 0 Å². The Hall–Kier alpha value is 0.210. The third-order valence-electron chi connectivity index (χ3n) is 4.73. The highest BCUT2D eigenvalue weighted by atomic mass is 35.5. The van der Waals surface area contributed by atoms with Gasteiger partial charge in [-0.25, -0.2) is 0 Å². The van der Waals surface area contributed by atoms with Crippen LogP contribution in [0.25, 0.3) is 0 Å². The molecule has 88 valence electrons. The number of hydrogen-bond acceptors (Lipinski definition) is 2. The normalized spacial score (nSPS) is 45.4. The van der Waals surface area contributed by atoms with Crippen LogP contribution in [0.2, 0.25) is 0 Å². The van der Waals surface area contributed by atoms with E-state index in [1.165, 1.54) is 51.6 Å². The number of likely N-dealkylation sites (tertiary alicyclic amines) is 1. The third-order valence-corrected chi connectivity index (χ3v) is 4.73. The van der Waals surface area contributed by atoms with E-state index < -0.39 is 0 Å². The molecule has 15 heavy (non-hydrogen) atoms. The van der Waals surface area contributed by atoms with Crippen molar-refractivity contribution in [2.75, 3.05) is 13.1 Å². The molecule has 4 atom stereocenters. The Morgan fingerprint density at radius 1 is 0.933 bits per heavy atom. The molecule has 2 nitrogen and oxygen atoms in total. The first-order valence-electron chi connectivity index (χ1n) is 6.28. The first-order valence-corrected chi connectivity index (χ1v) is 6.28. The summed E-state index contributed by atoms with van der Waals surface area (Å²) in [5, 5.41) is 10.1. The van der Waals surface area contributed by atoms with Crippen LogP contribution in [0.3, 0.4) is 0 Å². The van der Waals surface area contributed by atoms with Gasteiger partial charge >= 0.3 is 0 Å². The minimum absolute atomic E-state index is 0. The predicted octanol–water partition coefficient (Wildman–Crippen LogP) is 2.05. The van der Waals surface area contributed by atoms with Crippen LogP contribution in [0.4, 0.5) is 0 Å². The topological polar surface area (TPSA) is 23.5 Å². The first-order chi connectivity index (χ1) is 6.86. The Bertz CT molecular complexity index is 218. The van der Waals surface area contributed by atoms with Crippen LogP contribution in [-0.4, -0.2) is 35.2 Å². The minimum Gasteiger partial charge on any atom is -0.392 e. The van der Waals surface area contributed by atoms with Crippen LogP contribution in [0.15, 0.2) is 0 Å². The molecule has 0 amide bonds. The molecule has 0 spiro atoms. The number of halogens is 1. The van der Waals surface area contributed by atoms with Crippen LogP contribution in [-0.2, 0) is 0 Å². The largest absolute Gasteiger partial charge is 0.392 e. The molecule has 3 heteroatoms. The highest BCUT2D eigenvalue weighted by molar-refractivity contribution is 5.85. The van der Waals surface area contributed by atoms with Crippen molar-refractivity contribution in [3.8, 4) is 0 Å². The number of aliphatic hydroxyl groups excluding tert-OH is 1. The van der Waals surface area contributed by atoms with Gasteiger partial charge in [-0.05, 0) is 57.5 Å². The number of aliphatic hydroxyl groups is 1. The second kappa shape index (κ2) is 4.60. The second-order valence-electron chi connectivity index (χ2n) is 5.38. The lowest BCUT2D eigenvalue weighted by atomic mass is 9.81. The maximum atomic E-state index is 10.1. The molecular formula is C12H22ClNO. The molecule has 2 bridgehead atoms.